The first-order chi connectivity index (χ1) is 14.0. The van der Waals surface area contributed by atoms with Gasteiger partial charge in [0.25, 0.3) is 0 Å². The zero-order valence-corrected chi connectivity index (χ0v) is 18.0. The highest BCUT2D eigenvalue weighted by Gasteiger charge is 2.16. The lowest BCUT2D eigenvalue weighted by Gasteiger charge is -2.12. The number of aryl methyl sites for hydroxylation is 1. The predicted octanol–water partition coefficient (Wildman–Crippen LogP) is 4.15. The van der Waals surface area contributed by atoms with Crippen molar-refractivity contribution in [3.63, 3.8) is 0 Å². The Morgan fingerprint density at radius 1 is 1.17 bits per heavy atom. The van der Waals surface area contributed by atoms with E-state index >= 15 is 0 Å². The number of methoxy groups -OCH3 is 1. The molecule has 0 aliphatic carbocycles. The summed E-state index contributed by atoms with van der Waals surface area (Å²) >= 11 is 1.60. The number of thioether (sulfide) groups is 1. The van der Waals surface area contributed by atoms with Gasteiger partial charge in [0.2, 0.25) is 5.91 Å². The summed E-state index contributed by atoms with van der Waals surface area (Å²) in [5, 5.41) is 12.5. The van der Waals surface area contributed by atoms with Crippen LogP contribution in [0.3, 0.4) is 0 Å². The summed E-state index contributed by atoms with van der Waals surface area (Å²) in [5.74, 6) is 2.19. The molecule has 2 aromatic carbocycles. The SMILES string of the molecule is COc1cccc(CSc2nnc(CNC(=O)C(C)C)n2-c2ccc(C)cc2)c1. The largest absolute Gasteiger partial charge is 0.497 e. The fourth-order valence-electron chi connectivity index (χ4n) is 2.74. The van der Waals surface area contributed by atoms with Gasteiger partial charge in [-0.2, -0.15) is 0 Å². The second kappa shape index (κ2) is 9.60. The Balaban J connectivity index is 1.85. The number of aromatic nitrogens is 3. The van der Waals surface area contributed by atoms with Gasteiger partial charge in [0.15, 0.2) is 11.0 Å². The molecular formula is C22H26N4O2S. The second-order valence-corrected chi connectivity index (χ2v) is 8.02. The molecule has 0 unspecified atom stereocenters. The number of carbonyl (C=O) groups is 1. The number of rotatable bonds is 8. The highest BCUT2D eigenvalue weighted by molar-refractivity contribution is 7.98. The molecule has 1 aromatic heterocycles. The molecule has 29 heavy (non-hydrogen) atoms. The lowest BCUT2D eigenvalue weighted by Crippen LogP contribution is -2.28. The number of amides is 1. The Kier molecular flexibility index (Phi) is 6.93. The van der Waals surface area contributed by atoms with Gasteiger partial charge in [0, 0.05) is 17.4 Å². The Hall–Kier alpha value is -2.80. The molecule has 3 aromatic rings. The van der Waals surface area contributed by atoms with Crippen molar-refractivity contribution < 1.29 is 9.53 Å². The topological polar surface area (TPSA) is 69.0 Å². The average molecular weight is 411 g/mol. The zero-order chi connectivity index (χ0) is 20.8. The third kappa shape index (κ3) is 5.38. The molecule has 152 valence electrons. The smallest absolute Gasteiger partial charge is 0.222 e. The van der Waals surface area contributed by atoms with Gasteiger partial charge in [-0.1, -0.05) is 55.4 Å². The summed E-state index contributed by atoms with van der Waals surface area (Å²) in [6.07, 6.45) is 0. The van der Waals surface area contributed by atoms with Crippen molar-refractivity contribution in [3.05, 3.63) is 65.5 Å². The van der Waals surface area contributed by atoms with E-state index in [1.165, 1.54) is 5.56 Å². The minimum atomic E-state index is -0.0762. The van der Waals surface area contributed by atoms with Crippen LogP contribution >= 0.6 is 11.8 Å². The van der Waals surface area contributed by atoms with Gasteiger partial charge < -0.3 is 10.1 Å². The van der Waals surface area contributed by atoms with Crippen LogP contribution in [-0.2, 0) is 17.1 Å². The van der Waals surface area contributed by atoms with Crippen LogP contribution in [0.15, 0.2) is 53.7 Å². The summed E-state index contributed by atoms with van der Waals surface area (Å²) in [7, 11) is 1.66. The van der Waals surface area contributed by atoms with E-state index in [9.17, 15) is 4.79 Å². The molecule has 0 bridgehead atoms. The molecule has 0 atom stereocenters. The van der Waals surface area contributed by atoms with Gasteiger partial charge >= 0.3 is 0 Å². The van der Waals surface area contributed by atoms with E-state index in [4.69, 9.17) is 4.74 Å². The molecule has 0 saturated heterocycles. The van der Waals surface area contributed by atoms with Gasteiger partial charge in [0.1, 0.15) is 5.75 Å². The summed E-state index contributed by atoms with van der Waals surface area (Å²) in [5.41, 5.74) is 3.30. The third-order valence-electron chi connectivity index (χ3n) is 4.44. The van der Waals surface area contributed by atoms with Crippen molar-refractivity contribution in [1.82, 2.24) is 20.1 Å². The van der Waals surface area contributed by atoms with Crippen LogP contribution in [0.4, 0.5) is 0 Å². The van der Waals surface area contributed by atoms with Gasteiger partial charge in [0.05, 0.1) is 13.7 Å². The maximum atomic E-state index is 12.0. The summed E-state index contributed by atoms with van der Waals surface area (Å²) < 4.78 is 7.31. The Morgan fingerprint density at radius 3 is 2.62 bits per heavy atom. The Labute approximate surface area is 175 Å². The van der Waals surface area contributed by atoms with E-state index < -0.39 is 0 Å². The van der Waals surface area contributed by atoms with Crippen LogP contribution in [0.5, 0.6) is 5.75 Å². The average Bonchev–Trinajstić information content (AvgIpc) is 3.14. The van der Waals surface area contributed by atoms with E-state index in [2.05, 4.69) is 40.6 Å². The van der Waals surface area contributed by atoms with E-state index in [0.717, 1.165) is 27.9 Å². The Bertz CT molecular complexity index is 967. The molecular weight excluding hydrogens is 384 g/mol. The fourth-order valence-corrected chi connectivity index (χ4v) is 3.66. The van der Waals surface area contributed by atoms with E-state index in [-0.39, 0.29) is 11.8 Å². The van der Waals surface area contributed by atoms with Crippen molar-refractivity contribution in [2.75, 3.05) is 7.11 Å². The van der Waals surface area contributed by atoms with Crippen molar-refractivity contribution in [2.24, 2.45) is 5.92 Å². The number of ether oxygens (including phenoxy) is 1. The molecule has 1 amide bonds. The highest BCUT2D eigenvalue weighted by Crippen LogP contribution is 2.26. The molecule has 7 heteroatoms. The number of hydrogen-bond donors (Lipinski definition) is 1. The Morgan fingerprint density at radius 2 is 1.93 bits per heavy atom. The van der Waals surface area contributed by atoms with Gasteiger partial charge in [-0.3, -0.25) is 9.36 Å². The molecule has 0 aliphatic heterocycles. The second-order valence-electron chi connectivity index (χ2n) is 7.08. The van der Waals surface area contributed by atoms with Gasteiger partial charge in [-0.15, -0.1) is 10.2 Å². The van der Waals surface area contributed by atoms with Crippen LogP contribution in [0.2, 0.25) is 0 Å². The first-order valence-corrected chi connectivity index (χ1v) is 10.5. The summed E-state index contributed by atoms with van der Waals surface area (Å²) in [4.78, 5) is 12.0. The maximum Gasteiger partial charge on any atom is 0.222 e. The monoisotopic (exact) mass is 410 g/mol. The van der Waals surface area contributed by atoms with Gasteiger partial charge in [-0.25, -0.2) is 0 Å². The molecule has 1 N–H and O–H groups in total. The van der Waals surface area contributed by atoms with Crippen molar-refractivity contribution in [3.8, 4) is 11.4 Å². The predicted molar refractivity (Wildman–Crippen MR) is 115 cm³/mol. The lowest BCUT2D eigenvalue weighted by molar-refractivity contribution is -0.124. The standard InChI is InChI=1S/C22H26N4O2S/c1-15(2)21(27)23-13-20-24-25-22(26(20)18-10-8-16(3)9-11-18)29-14-17-6-5-7-19(12-17)28-4/h5-12,15H,13-14H2,1-4H3,(H,23,27). The van der Waals surface area contributed by atoms with Crippen molar-refractivity contribution in [1.29, 1.82) is 0 Å². The van der Waals surface area contributed by atoms with Crippen LogP contribution in [0, 0.1) is 12.8 Å². The molecule has 3 rings (SSSR count). The molecule has 1 heterocycles. The van der Waals surface area contributed by atoms with Crippen LogP contribution in [0.1, 0.15) is 30.8 Å². The number of carbonyl (C=O) groups excluding carboxylic acids is 1. The van der Waals surface area contributed by atoms with E-state index in [1.54, 1.807) is 18.9 Å². The maximum absolute atomic E-state index is 12.0. The van der Waals surface area contributed by atoms with Crippen molar-refractivity contribution in [2.45, 2.75) is 38.2 Å². The van der Waals surface area contributed by atoms with Crippen LogP contribution < -0.4 is 10.1 Å². The van der Waals surface area contributed by atoms with Crippen molar-refractivity contribution >= 4 is 17.7 Å². The van der Waals surface area contributed by atoms with Gasteiger partial charge in [-0.05, 0) is 36.8 Å². The summed E-state index contributed by atoms with van der Waals surface area (Å²) in [6.45, 7) is 6.13. The minimum Gasteiger partial charge on any atom is -0.497 e. The number of nitrogens with zero attached hydrogens (tertiary/aromatic N) is 3. The minimum absolute atomic E-state index is 0.00552. The molecule has 0 spiro atoms. The third-order valence-corrected chi connectivity index (χ3v) is 5.44. The molecule has 6 nitrogen and oxygen atoms in total. The number of nitrogens with one attached hydrogen (secondary N) is 1. The van der Waals surface area contributed by atoms with E-state index in [0.29, 0.717) is 12.4 Å². The number of hydrogen-bond acceptors (Lipinski definition) is 5. The van der Waals surface area contributed by atoms with Crippen LogP contribution in [-0.4, -0.2) is 27.8 Å². The first-order valence-electron chi connectivity index (χ1n) is 9.52. The molecule has 0 aliphatic rings. The van der Waals surface area contributed by atoms with E-state index in [1.807, 2.05) is 48.7 Å². The highest BCUT2D eigenvalue weighted by atomic mass is 32.2. The molecule has 0 fully saturated rings. The first kappa shape index (κ1) is 20.9. The lowest BCUT2D eigenvalue weighted by atomic mass is 10.2. The zero-order valence-electron chi connectivity index (χ0n) is 17.2. The molecule has 0 radical (unpaired) electrons. The normalized spacial score (nSPS) is 10.9. The van der Waals surface area contributed by atoms with Crippen LogP contribution in [0.25, 0.3) is 5.69 Å². The quantitative estimate of drug-likeness (QED) is 0.565. The summed E-state index contributed by atoms with van der Waals surface area (Å²) in [6, 6.07) is 16.2. The molecule has 0 saturated carbocycles. The number of benzene rings is 2. The fraction of sp³-hybridized carbons (Fsp3) is 0.318.